The van der Waals surface area contributed by atoms with Gasteiger partial charge in [0.15, 0.2) is 0 Å². The van der Waals surface area contributed by atoms with Gasteiger partial charge in [-0.15, -0.1) is 0 Å². The van der Waals surface area contributed by atoms with Gasteiger partial charge < -0.3 is 28.4 Å². The topological polar surface area (TPSA) is 107 Å². The summed E-state index contributed by atoms with van der Waals surface area (Å²) in [5.41, 5.74) is -3.41. The minimum atomic E-state index is -1.14. The molecule has 0 spiro atoms. The van der Waals surface area contributed by atoms with Gasteiger partial charge in [-0.25, -0.2) is 0 Å². The van der Waals surface area contributed by atoms with Crippen LogP contribution in [0.5, 0.6) is 0 Å². The first-order chi connectivity index (χ1) is 15.6. The Morgan fingerprint density at radius 3 is 1.03 bits per heavy atom. The molecule has 0 saturated heterocycles. The van der Waals surface area contributed by atoms with Crippen molar-refractivity contribution in [3.63, 3.8) is 0 Å². The van der Waals surface area contributed by atoms with Crippen molar-refractivity contribution in [2.75, 3.05) is 39.6 Å². The van der Waals surface area contributed by atoms with Crippen molar-refractivity contribution >= 4 is 17.9 Å². The molecule has 33 heavy (non-hydrogen) atoms. The highest BCUT2D eigenvalue weighted by Gasteiger charge is 2.59. The molecule has 186 valence electrons. The molecule has 0 amide bonds. The summed E-state index contributed by atoms with van der Waals surface area (Å²) in [5, 5.41) is 0. The first kappa shape index (κ1) is 28.1. The molecule has 1 aliphatic rings. The Hall–Kier alpha value is -2.97. The third kappa shape index (κ3) is 8.14. The number of hydrogen-bond acceptors (Lipinski definition) is 9. The minimum Gasteiger partial charge on any atom is -0.498 e. The van der Waals surface area contributed by atoms with Crippen molar-refractivity contribution in [2.24, 2.45) is 16.2 Å². The molecule has 1 fully saturated rings. The molecule has 0 aromatic carbocycles. The van der Waals surface area contributed by atoms with Crippen molar-refractivity contribution in [3.05, 3.63) is 38.5 Å². The maximum Gasteiger partial charge on any atom is 0.311 e. The van der Waals surface area contributed by atoms with Crippen LogP contribution in [0.4, 0.5) is 0 Å². The molecule has 1 aliphatic carbocycles. The van der Waals surface area contributed by atoms with E-state index < -0.39 is 34.2 Å². The van der Waals surface area contributed by atoms with E-state index in [1.807, 2.05) is 0 Å². The largest absolute Gasteiger partial charge is 0.498 e. The second kappa shape index (κ2) is 12.9. The van der Waals surface area contributed by atoms with Crippen LogP contribution in [0, 0.1) is 16.2 Å². The number of rotatable bonds is 15. The van der Waals surface area contributed by atoms with Gasteiger partial charge in [0.25, 0.3) is 0 Å². The van der Waals surface area contributed by atoms with Crippen molar-refractivity contribution in [1.82, 2.24) is 0 Å². The predicted molar refractivity (Wildman–Crippen MR) is 119 cm³/mol. The van der Waals surface area contributed by atoms with Gasteiger partial charge in [0.1, 0.15) is 39.6 Å². The highest BCUT2D eigenvalue weighted by atomic mass is 16.6. The molecule has 0 heterocycles. The van der Waals surface area contributed by atoms with Gasteiger partial charge in [0.2, 0.25) is 0 Å². The van der Waals surface area contributed by atoms with Gasteiger partial charge in [0, 0.05) is 0 Å². The van der Waals surface area contributed by atoms with E-state index in [1.54, 1.807) is 20.8 Å². The van der Waals surface area contributed by atoms with Crippen LogP contribution in [0.15, 0.2) is 38.5 Å². The number of carbonyl (C=O) groups is 3. The van der Waals surface area contributed by atoms with Crippen molar-refractivity contribution in [1.29, 1.82) is 0 Å². The summed E-state index contributed by atoms with van der Waals surface area (Å²) in [6, 6.07) is 0. The number of carbonyl (C=O) groups excluding carboxylic acids is 3. The fourth-order valence-electron chi connectivity index (χ4n) is 4.52. The molecule has 1 rings (SSSR count). The van der Waals surface area contributed by atoms with Crippen LogP contribution >= 0.6 is 0 Å². The Labute approximate surface area is 195 Å². The maximum atomic E-state index is 13.0. The predicted octanol–water partition coefficient (Wildman–Crippen LogP) is 3.30. The van der Waals surface area contributed by atoms with Gasteiger partial charge in [-0.3, -0.25) is 14.4 Å². The molecule has 0 aliphatic heterocycles. The normalized spacial score (nSPS) is 26.3. The molecule has 0 aromatic rings. The van der Waals surface area contributed by atoms with Crippen LogP contribution in [-0.4, -0.2) is 57.5 Å². The molecule has 0 radical (unpaired) electrons. The fourth-order valence-corrected chi connectivity index (χ4v) is 4.52. The lowest BCUT2D eigenvalue weighted by Gasteiger charge is -2.48. The van der Waals surface area contributed by atoms with Crippen molar-refractivity contribution in [2.45, 2.75) is 40.0 Å². The minimum absolute atomic E-state index is 0.0144. The molecule has 1 saturated carbocycles. The van der Waals surface area contributed by atoms with Crippen LogP contribution in [0.3, 0.4) is 0 Å². The summed E-state index contributed by atoms with van der Waals surface area (Å²) in [4.78, 5) is 39.1. The summed E-state index contributed by atoms with van der Waals surface area (Å²) in [7, 11) is 0. The smallest absolute Gasteiger partial charge is 0.311 e. The Morgan fingerprint density at radius 2 is 0.818 bits per heavy atom. The van der Waals surface area contributed by atoms with Gasteiger partial charge >= 0.3 is 17.9 Å². The van der Waals surface area contributed by atoms with Crippen LogP contribution in [0.2, 0.25) is 0 Å². The van der Waals surface area contributed by atoms with Crippen LogP contribution < -0.4 is 0 Å². The van der Waals surface area contributed by atoms with Crippen molar-refractivity contribution in [3.8, 4) is 0 Å². The Bertz CT molecular complexity index is 612. The first-order valence-electron chi connectivity index (χ1n) is 10.8. The lowest BCUT2D eigenvalue weighted by molar-refractivity contribution is -0.183. The maximum absolute atomic E-state index is 13.0. The third-order valence-corrected chi connectivity index (χ3v) is 5.48. The summed E-state index contributed by atoms with van der Waals surface area (Å²) in [6.07, 6.45) is 4.19. The molecular formula is C24H36O9. The van der Waals surface area contributed by atoms with E-state index in [4.69, 9.17) is 28.4 Å². The molecule has 9 nitrogen and oxygen atoms in total. The Balaban J connectivity index is 3.08. The Kier molecular flexibility index (Phi) is 11.0. The van der Waals surface area contributed by atoms with E-state index in [0.717, 1.165) is 0 Å². The van der Waals surface area contributed by atoms with E-state index in [1.165, 1.54) is 18.8 Å². The van der Waals surface area contributed by atoms with Crippen LogP contribution in [0.25, 0.3) is 0 Å². The van der Waals surface area contributed by atoms with E-state index >= 15 is 0 Å². The monoisotopic (exact) mass is 468 g/mol. The highest BCUT2D eigenvalue weighted by molar-refractivity contribution is 5.85. The number of ether oxygens (including phenoxy) is 6. The van der Waals surface area contributed by atoms with Crippen molar-refractivity contribution < 1.29 is 42.8 Å². The average Bonchev–Trinajstić information content (AvgIpc) is 2.76. The Morgan fingerprint density at radius 1 is 0.576 bits per heavy atom. The van der Waals surface area contributed by atoms with Gasteiger partial charge in [0.05, 0.1) is 35.0 Å². The highest BCUT2D eigenvalue weighted by Crippen LogP contribution is 2.55. The van der Waals surface area contributed by atoms with E-state index in [-0.39, 0.29) is 58.9 Å². The summed E-state index contributed by atoms with van der Waals surface area (Å²) in [5.74, 6) is -1.59. The summed E-state index contributed by atoms with van der Waals surface area (Å²) >= 11 is 0. The van der Waals surface area contributed by atoms with E-state index in [2.05, 4.69) is 19.7 Å². The second-order valence-electron chi connectivity index (χ2n) is 8.73. The molecule has 0 N–H and O–H groups in total. The molecule has 0 aromatic heterocycles. The third-order valence-electron chi connectivity index (χ3n) is 5.48. The molecule has 9 heteroatoms. The van der Waals surface area contributed by atoms with E-state index in [0.29, 0.717) is 0 Å². The fraction of sp³-hybridized carbons (Fsp3) is 0.625. The summed E-state index contributed by atoms with van der Waals surface area (Å²) < 4.78 is 31.1. The zero-order valence-electron chi connectivity index (χ0n) is 19.9. The lowest BCUT2D eigenvalue weighted by Crippen LogP contribution is -2.53. The van der Waals surface area contributed by atoms with Crippen LogP contribution in [0.1, 0.15) is 40.0 Å². The second-order valence-corrected chi connectivity index (χ2v) is 8.73. The van der Waals surface area contributed by atoms with Crippen LogP contribution in [-0.2, 0) is 42.8 Å². The lowest BCUT2D eigenvalue weighted by atomic mass is 9.54. The van der Waals surface area contributed by atoms with Gasteiger partial charge in [-0.05, 0) is 40.0 Å². The summed E-state index contributed by atoms with van der Waals surface area (Å²) in [6.45, 7) is 15.8. The molecule has 0 bridgehead atoms. The number of hydrogen-bond donors (Lipinski definition) is 0. The van der Waals surface area contributed by atoms with E-state index in [9.17, 15) is 14.4 Å². The van der Waals surface area contributed by atoms with Gasteiger partial charge in [-0.1, -0.05) is 19.7 Å². The molecular weight excluding hydrogens is 432 g/mol. The average molecular weight is 469 g/mol. The molecule has 0 atom stereocenters. The molecule has 0 unspecified atom stereocenters. The SMILES string of the molecule is C=COCCOC(=O)C1(C)CC(C)(C(=O)OCCOC=C)CC(C)(C(=O)OCCOC=C)C1. The first-order valence-corrected chi connectivity index (χ1v) is 10.8. The zero-order chi connectivity index (χ0) is 25.0. The zero-order valence-corrected chi connectivity index (χ0v) is 19.9. The van der Waals surface area contributed by atoms with Gasteiger partial charge in [-0.2, -0.15) is 0 Å². The quantitative estimate of drug-likeness (QED) is 0.155. The standard InChI is InChI=1S/C24H36O9/c1-7-28-10-13-31-19(25)22(4)16-23(5,20(26)32-14-11-29-8-2)18-24(6,17-22)21(27)33-15-12-30-9-3/h7-9H,1-3,10-18H2,4-6H3. The number of esters is 3.